The summed E-state index contributed by atoms with van der Waals surface area (Å²) in [5.41, 5.74) is 0. The van der Waals surface area contributed by atoms with Crippen LogP contribution in [0.3, 0.4) is 0 Å². The van der Waals surface area contributed by atoms with E-state index in [0.29, 0.717) is 4.75 Å². The summed E-state index contributed by atoms with van der Waals surface area (Å²) in [5, 5.41) is 4.01. The molecule has 0 radical (unpaired) electrons. The van der Waals surface area contributed by atoms with Crippen molar-refractivity contribution in [3.63, 3.8) is 0 Å². The van der Waals surface area contributed by atoms with Crippen molar-refractivity contribution >= 4 is 18.2 Å². The second-order valence-electron chi connectivity index (χ2n) is 2.72. The molecule has 1 N–H and O–H groups in total. The van der Waals surface area contributed by atoms with Crippen LogP contribution in [0.5, 0.6) is 0 Å². The van der Waals surface area contributed by atoms with E-state index in [4.69, 9.17) is 0 Å². The van der Waals surface area contributed by atoms with Crippen LogP contribution in [0.1, 0.15) is 25.7 Å². The highest BCUT2D eigenvalue weighted by atomic mass is 32.2. The van der Waals surface area contributed by atoms with Crippen molar-refractivity contribution in [3.05, 3.63) is 0 Å². The maximum Gasteiger partial charge on any atom is 0.0740 e. The first-order chi connectivity index (χ1) is 4.41. The lowest BCUT2D eigenvalue weighted by Crippen LogP contribution is -2.18. The van der Waals surface area contributed by atoms with Gasteiger partial charge in [-0.05, 0) is 24.8 Å². The van der Waals surface area contributed by atoms with Gasteiger partial charge in [-0.25, -0.2) is 0 Å². The Balaban J connectivity index is 2.13. The van der Waals surface area contributed by atoms with Crippen LogP contribution in [-0.2, 0) is 0 Å². The highest BCUT2D eigenvalue weighted by molar-refractivity contribution is 7.99. The molecule has 50 valence electrons. The highest BCUT2D eigenvalue weighted by Gasteiger charge is 2.35. The number of hydrogen-bond donors (Lipinski definition) is 1. The topological polar surface area (TPSA) is 24.4 Å². The molecular formula is C6H10N2S. The van der Waals surface area contributed by atoms with Gasteiger partial charge in [-0.3, -0.25) is 4.83 Å². The Hall–Kier alpha value is -0.180. The van der Waals surface area contributed by atoms with E-state index < -0.39 is 0 Å². The second kappa shape index (κ2) is 1.90. The van der Waals surface area contributed by atoms with Gasteiger partial charge in [-0.1, -0.05) is 12.8 Å². The molecule has 0 aromatic heterocycles. The maximum absolute atomic E-state index is 4.01. The average Bonchev–Trinajstić information content (AvgIpc) is 2.45. The molecular weight excluding hydrogens is 132 g/mol. The van der Waals surface area contributed by atoms with Crippen molar-refractivity contribution in [2.75, 3.05) is 0 Å². The molecule has 2 aliphatic rings. The smallest absolute Gasteiger partial charge is 0.0740 e. The van der Waals surface area contributed by atoms with Gasteiger partial charge in [0.25, 0.3) is 0 Å². The van der Waals surface area contributed by atoms with E-state index in [1.165, 1.54) is 25.7 Å². The van der Waals surface area contributed by atoms with Gasteiger partial charge in [-0.15, -0.1) is 0 Å². The third-order valence-electron chi connectivity index (χ3n) is 2.05. The molecule has 0 saturated heterocycles. The van der Waals surface area contributed by atoms with Crippen LogP contribution in [-0.4, -0.2) is 11.0 Å². The molecule has 1 fully saturated rings. The van der Waals surface area contributed by atoms with Crippen molar-refractivity contribution in [2.45, 2.75) is 30.4 Å². The van der Waals surface area contributed by atoms with Gasteiger partial charge >= 0.3 is 0 Å². The predicted molar refractivity (Wildman–Crippen MR) is 40.4 cm³/mol. The standard InChI is InChI=1S/C6H10N2S/c1-2-4-6(3-1)5-7-8-9-6/h5,8H,1-4H2. The predicted octanol–water partition coefficient (Wildman–Crippen LogP) is 1.54. The number of hydrazone groups is 1. The minimum atomic E-state index is 0.403. The molecule has 0 atom stereocenters. The van der Waals surface area contributed by atoms with E-state index in [1.807, 2.05) is 0 Å². The average molecular weight is 142 g/mol. The lowest BCUT2D eigenvalue weighted by Gasteiger charge is -2.14. The molecule has 1 aliphatic heterocycles. The normalized spacial score (nSPS) is 29.3. The summed E-state index contributed by atoms with van der Waals surface area (Å²) >= 11 is 1.78. The SMILES string of the molecule is C1=NNSC12CCCC2. The Bertz CT molecular complexity index is 138. The largest absolute Gasteiger partial charge is 0.251 e. The fourth-order valence-corrected chi connectivity index (χ4v) is 2.38. The number of rotatable bonds is 0. The molecule has 0 aromatic rings. The molecule has 2 nitrogen and oxygen atoms in total. The van der Waals surface area contributed by atoms with Gasteiger partial charge in [0.1, 0.15) is 0 Å². The van der Waals surface area contributed by atoms with Crippen molar-refractivity contribution < 1.29 is 0 Å². The zero-order chi connectivity index (χ0) is 6.16. The second-order valence-corrected chi connectivity index (χ2v) is 3.92. The molecule has 9 heavy (non-hydrogen) atoms. The van der Waals surface area contributed by atoms with Crippen molar-refractivity contribution in [3.8, 4) is 0 Å². The Morgan fingerprint density at radius 3 is 2.78 bits per heavy atom. The van der Waals surface area contributed by atoms with Crippen LogP contribution in [0, 0.1) is 0 Å². The van der Waals surface area contributed by atoms with Crippen LogP contribution in [0.25, 0.3) is 0 Å². The Morgan fingerprint density at radius 2 is 2.22 bits per heavy atom. The fourth-order valence-electron chi connectivity index (χ4n) is 1.49. The molecule has 1 spiro atoms. The summed E-state index contributed by atoms with van der Waals surface area (Å²) in [6.07, 6.45) is 7.45. The lowest BCUT2D eigenvalue weighted by atomic mass is 10.1. The number of nitrogens with one attached hydrogen (secondary N) is 1. The fraction of sp³-hybridized carbons (Fsp3) is 0.833. The van der Waals surface area contributed by atoms with E-state index in [2.05, 4.69) is 16.1 Å². The number of nitrogens with zero attached hydrogens (tertiary/aromatic N) is 1. The first-order valence-corrected chi connectivity index (χ1v) is 4.20. The van der Waals surface area contributed by atoms with Crippen LogP contribution in [0.4, 0.5) is 0 Å². The minimum Gasteiger partial charge on any atom is -0.251 e. The Morgan fingerprint density at radius 1 is 1.44 bits per heavy atom. The summed E-state index contributed by atoms with van der Waals surface area (Å²) in [4.78, 5) is 2.94. The lowest BCUT2D eigenvalue weighted by molar-refractivity contribution is 0.811. The summed E-state index contributed by atoms with van der Waals surface area (Å²) in [5.74, 6) is 0. The molecule has 1 aliphatic carbocycles. The van der Waals surface area contributed by atoms with E-state index >= 15 is 0 Å². The molecule has 0 bridgehead atoms. The zero-order valence-corrected chi connectivity index (χ0v) is 6.08. The molecule has 0 amide bonds. The van der Waals surface area contributed by atoms with E-state index in [0.717, 1.165) is 0 Å². The van der Waals surface area contributed by atoms with Crippen molar-refractivity contribution in [1.82, 2.24) is 4.83 Å². The third kappa shape index (κ3) is 0.834. The van der Waals surface area contributed by atoms with Crippen LogP contribution in [0.2, 0.25) is 0 Å². The zero-order valence-electron chi connectivity index (χ0n) is 5.26. The molecule has 1 heterocycles. The Kier molecular flexibility index (Phi) is 1.18. The minimum absolute atomic E-state index is 0.403. The van der Waals surface area contributed by atoms with E-state index in [-0.39, 0.29) is 0 Å². The van der Waals surface area contributed by atoms with Crippen LogP contribution >= 0.6 is 11.9 Å². The molecule has 1 saturated carbocycles. The molecule has 2 rings (SSSR count). The van der Waals surface area contributed by atoms with Crippen molar-refractivity contribution in [2.24, 2.45) is 5.10 Å². The third-order valence-corrected chi connectivity index (χ3v) is 3.17. The van der Waals surface area contributed by atoms with Gasteiger partial charge in [-0.2, -0.15) is 5.10 Å². The molecule has 0 unspecified atom stereocenters. The van der Waals surface area contributed by atoms with E-state index in [9.17, 15) is 0 Å². The summed E-state index contributed by atoms with van der Waals surface area (Å²) in [6, 6.07) is 0. The highest BCUT2D eigenvalue weighted by Crippen LogP contribution is 2.40. The summed E-state index contributed by atoms with van der Waals surface area (Å²) in [6.45, 7) is 0. The summed E-state index contributed by atoms with van der Waals surface area (Å²) < 4.78 is 0.403. The monoisotopic (exact) mass is 142 g/mol. The first-order valence-electron chi connectivity index (χ1n) is 3.39. The van der Waals surface area contributed by atoms with Gasteiger partial charge in [0.05, 0.1) is 4.75 Å². The van der Waals surface area contributed by atoms with Crippen LogP contribution < -0.4 is 4.83 Å². The van der Waals surface area contributed by atoms with E-state index in [1.54, 1.807) is 11.9 Å². The van der Waals surface area contributed by atoms with Gasteiger partial charge < -0.3 is 0 Å². The molecule has 3 heteroatoms. The van der Waals surface area contributed by atoms with Crippen molar-refractivity contribution in [1.29, 1.82) is 0 Å². The van der Waals surface area contributed by atoms with Gasteiger partial charge in [0.15, 0.2) is 0 Å². The van der Waals surface area contributed by atoms with Gasteiger partial charge in [0, 0.05) is 6.21 Å². The van der Waals surface area contributed by atoms with Crippen LogP contribution in [0.15, 0.2) is 5.10 Å². The number of hydrogen-bond acceptors (Lipinski definition) is 3. The Labute approximate surface area is 59.2 Å². The first kappa shape index (κ1) is 5.59. The van der Waals surface area contributed by atoms with Gasteiger partial charge in [0.2, 0.25) is 0 Å². The maximum atomic E-state index is 4.01. The molecule has 0 aromatic carbocycles. The summed E-state index contributed by atoms with van der Waals surface area (Å²) in [7, 11) is 0. The quantitative estimate of drug-likeness (QED) is 0.519.